The number of hydrogen-bond donors (Lipinski definition) is 1. The first-order chi connectivity index (χ1) is 8.72. The third-order valence-electron chi connectivity index (χ3n) is 3.58. The van der Waals surface area contributed by atoms with Gasteiger partial charge in [0.2, 0.25) is 5.91 Å². The van der Waals surface area contributed by atoms with Crippen molar-refractivity contribution in [3.8, 4) is 0 Å². The topological polar surface area (TPSA) is 32.3 Å². The highest BCUT2D eigenvalue weighted by molar-refractivity contribution is 5.78. The second-order valence-electron chi connectivity index (χ2n) is 4.96. The Bertz CT molecular complexity index is 413. The number of aryl methyl sites for hydroxylation is 1. The number of likely N-dealkylation sites (N-methyl/N-ethyl adjacent to an activating group) is 1. The summed E-state index contributed by atoms with van der Waals surface area (Å²) in [6, 6.07) is 8.89. The molecule has 18 heavy (non-hydrogen) atoms. The molecule has 1 aromatic rings. The van der Waals surface area contributed by atoms with E-state index < -0.39 is 0 Å². The summed E-state index contributed by atoms with van der Waals surface area (Å²) >= 11 is 0. The molecule has 98 valence electrons. The van der Waals surface area contributed by atoms with Gasteiger partial charge in [-0.15, -0.1) is 0 Å². The number of amides is 1. The van der Waals surface area contributed by atoms with Crippen molar-refractivity contribution >= 4 is 5.91 Å². The van der Waals surface area contributed by atoms with Gasteiger partial charge in [-0.05, 0) is 30.4 Å². The summed E-state index contributed by atoms with van der Waals surface area (Å²) in [4.78, 5) is 13.7. The minimum Gasteiger partial charge on any atom is -0.342 e. The highest BCUT2D eigenvalue weighted by Gasteiger charge is 2.28. The van der Waals surface area contributed by atoms with E-state index >= 15 is 0 Å². The van der Waals surface area contributed by atoms with E-state index in [-0.39, 0.29) is 5.91 Å². The molecule has 1 saturated carbocycles. The fourth-order valence-corrected chi connectivity index (χ4v) is 2.17. The fraction of sp³-hybridized carbons (Fsp3) is 0.533. The molecule has 0 radical (unpaired) electrons. The Morgan fingerprint density at radius 3 is 2.61 bits per heavy atom. The van der Waals surface area contributed by atoms with Gasteiger partial charge in [0.05, 0.1) is 6.54 Å². The van der Waals surface area contributed by atoms with Crippen LogP contribution < -0.4 is 5.32 Å². The van der Waals surface area contributed by atoms with Crippen LogP contribution in [-0.4, -0.2) is 30.4 Å². The lowest BCUT2D eigenvalue weighted by Gasteiger charge is -2.17. The van der Waals surface area contributed by atoms with Crippen LogP contribution >= 0.6 is 0 Å². The van der Waals surface area contributed by atoms with Gasteiger partial charge >= 0.3 is 0 Å². The van der Waals surface area contributed by atoms with Gasteiger partial charge < -0.3 is 10.2 Å². The van der Waals surface area contributed by atoms with Gasteiger partial charge in [-0.2, -0.15) is 0 Å². The number of benzene rings is 1. The summed E-state index contributed by atoms with van der Waals surface area (Å²) in [6.07, 6.45) is 3.37. The molecule has 1 aliphatic carbocycles. The van der Waals surface area contributed by atoms with E-state index in [4.69, 9.17) is 0 Å². The number of carbonyl (C=O) groups is 1. The molecule has 0 spiro atoms. The second kappa shape index (κ2) is 6.01. The third-order valence-corrected chi connectivity index (χ3v) is 3.58. The van der Waals surface area contributed by atoms with E-state index in [9.17, 15) is 4.79 Å². The van der Waals surface area contributed by atoms with Crippen LogP contribution in [0.2, 0.25) is 0 Å². The number of carbonyl (C=O) groups excluding carboxylic acids is 1. The molecule has 0 aliphatic heterocycles. The van der Waals surface area contributed by atoms with Crippen LogP contribution in [0.1, 0.15) is 30.9 Å². The highest BCUT2D eigenvalue weighted by atomic mass is 16.2. The minimum absolute atomic E-state index is 0.200. The monoisotopic (exact) mass is 246 g/mol. The minimum atomic E-state index is 0.200. The Balaban J connectivity index is 1.79. The van der Waals surface area contributed by atoms with Crippen molar-refractivity contribution < 1.29 is 4.79 Å². The van der Waals surface area contributed by atoms with Gasteiger partial charge in [0.1, 0.15) is 0 Å². The molecule has 0 atom stereocenters. The molecule has 1 aliphatic rings. The Morgan fingerprint density at radius 1 is 1.33 bits per heavy atom. The van der Waals surface area contributed by atoms with E-state index in [0.29, 0.717) is 12.6 Å². The number of nitrogens with zero attached hydrogens (tertiary/aromatic N) is 1. The maximum absolute atomic E-state index is 11.8. The van der Waals surface area contributed by atoms with Gasteiger partial charge in [-0.25, -0.2) is 0 Å². The zero-order valence-electron chi connectivity index (χ0n) is 11.3. The zero-order chi connectivity index (χ0) is 13.0. The van der Waals surface area contributed by atoms with Gasteiger partial charge in [0, 0.05) is 19.6 Å². The molecule has 0 aromatic heterocycles. The molecule has 0 saturated heterocycles. The summed E-state index contributed by atoms with van der Waals surface area (Å²) in [7, 11) is 1.90. The van der Waals surface area contributed by atoms with Crippen molar-refractivity contribution in [3.05, 3.63) is 35.4 Å². The number of nitrogens with one attached hydrogen (secondary N) is 1. The van der Waals surface area contributed by atoms with Crippen LogP contribution in [0.3, 0.4) is 0 Å². The molecular weight excluding hydrogens is 224 g/mol. The smallest absolute Gasteiger partial charge is 0.236 e. The molecule has 0 bridgehead atoms. The molecule has 1 N–H and O–H groups in total. The van der Waals surface area contributed by atoms with Gasteiger partial charge in [-0.1, -0.05) is 31.2 Å². The lowest BCUT2D eigenvalue weighted by molar-refractivity contribution is -0.129. The normalized spacial score (nSPS) is 14.6. The Kier molecular flexibility index (Phi) is 4.37. The molecule has 1 fully saturated rings. The molecule has 0 unspecified atom stereocenters. The van der Waals surface area contributed by atoms with Crippen LogP contribution in [0.4, 0.5) is 0 Å². The van der Waals surface area contributed by atoms with Gasteiger partial charge in [0.25, 0.3) is 0 Å². The number of rotatable bonds is 6. The summed E-state index contributed by atoms with van der Waals surface area (Å²) in [5, 5.41) is 3.25. The van der Waals surface area contributed by atoms with Crippen molar-refractivity contribution in [2.24, 2.45) is 0 Å². The molecule has 3 nitrogen and oxygen atoms in total. The summed E-state index contributed by atoms with van der Waals surface area (Å²) in [5.74, 6) is 0.200. The quantitative estimate of drug-likeness (QED) is 0.832. The van der Waals surface area contributed by atoms with E-state index in [1.165, 1.54) is 24.0 Å². The van der Waals surface area contributed by atoms with Crippen molar-refractivity contribution in [3.63, 3.8) is 0 Å². The molecule has 3 heteroatoms. The average molecular weight is 246 g/mol. The fourth-order valence-electron chi connectivity index (χ4n) is 2.17. The molecule has 1 amide bonds. The standard InChI is InChI=1S/C15H22N2O/c1-3-12-6-4-5-7-13(12)10-16-11-15(18)17(2)14-8-9-14/h4-7,14,16H,3,8-11H2,1-2H3. The largest absolute Gasteiger partial charge is 0.342 e. The lowest BCUT2D eigenvalue weighted by atomic mass is 10.1. The van der Waals surface area contributed by atoms with Gasteiger partial charge in [0.15, 0.2) is 0 Å². The van der Waals surface area contributed by atoms with Crippen LogP contribution in [0, 0.1) is 0 Å². The maximum Gasteiger partial charge on any atom is 0.236 e. The SMILES string of the molecule is CCc1ccccc1CNCC(=O)N(C)C1CC1. The lowest BCUT2D eigenvalue weighted by Crippen LogP contribution is -2.36. The third kappa shape index (κ3) is 3.33. The van der Waals surface area contributed by atoms with Crippen molar-refractivity contribution in [2.45, 2.75) is 38.8 Å². The molecule has 1 aromatic carbocycles. The Morgan fingerprint density at radius 2 is 2.00 bits per heavy atom. The van der Waals surface area contributed by atoms with Crippen molar-refractivity contribution in [1.29, 1.82) is 0 Å². The maximum atomic E-state index is 11.8. The predicted octanol–water partition coefficient (Wildman–Crippen LogP) is 1.96. The van der Waals surface area contributed by atoms with E-state index in [0.717, 1.165) is 13.0 Å². The van der Waals surface area contributed by atoms with Crippen LogP contribution in [0.15, 0.2) is 24.3 Å². The van der Waals surface area contributed by atoms with Gasteiger partial charge in [-0.3, -0.25) is 4.79 Å². The van der Waals surface area contributed by atoms with E-state index in [1.54, 1.807) is 0 Å². The average Bonchev–Trinajstić information content (AvgIpc) is 3.22. The summed E-state index contributed by atoms with van der Waals surface area (Å²) in [6.45, 7) is 3.37. The van der Waals surface area contributed by atoms with E-state index in [1.807, 2.05) is 18.0 Å². The molecule has 2 rings (SSSR count). The van der Waals surface area contributed by atoms with Crippen LogP contribution in [-0.2, 0) is 17.8 Å². The first-order valence-electron chi connectivity index (χ1n) is 6.75. The summed E-state index contributed by atoms with van der Waals surface area (Å²) in [5.41, 5.74) is 2.65. The Labute approximate surface area is 109 Å². The Hall–Kier alpha value is -1.35. The van der Waals surface area contributed by atoms with Crippen molar-refractivity contribution in [1.82, 2.24) is 10.2 Å². The van der Waals surface area contributed by atoms with Crippen LogP contribution in [0.25, 0.3) is 0 Å². The zero-order valence-corrected chi connectivity index (χ0v) is 11.3. The molecule has 0 heterocycles. The van der Waals surface area contributed by atoms with E-state index in [2.05, 4.69) is 30.4 Å². The predicted molar refractivity (Wildman–Crippen MR) is 73.3 cm³/mol. The number of hydrogen-bond acceptors (Lipinski definition) is 2. The highest BCUT2D eigenvalue weighted by Crippen LogP contribution is 2.25. The van der Waals surface area contributed by atoms with Crippen molar-refractivity contribution in [2.75, 3.05) is 13.6 Å². The summed E-state index contributed by atoms with van der Waals surface area (Å²) < 4.78 is 0. The molecular formula is C15H22N2O. The first kappa shape index (κ1) is 13.1. The van der Waals surface area contributed by atoms with Crippen LogP contribution in [0.5, 0.6) is 0 Å². The first-order valence-corrected chi connectivity index (χ1v) is 6.75. The second-order valence-corrected chi connectivity index (χ2v) is 4.96.